The molecule has 0 fully saturated rings. The molecule has 0 aliphatic heterocycles. The van der Waals surface area contributed by atoms with Gasteiger partial charge in [-0.25, -0.2) is 4.79 Å². The monoisotopic (exact) mass is 458 g/mol. The fraction of sp³-hybridized carbons (Fsp3) is 0.387. The maximum Gasteiger partial charge on any atom is 0.343 e. The molecule has 0 N–H and O–H groups in total. The molecule has 0 radical (unpaired) electrons. The molecule has 0 atom stereocenters. The van der Waals surface area contributed by atoms with Crippen LogP contribution in [-0.2, 0) is 6.42 Å². The Bertz CT molecular complexity index is 973. The van der Waals surface area contributed by atoms with Gasteiger partial charge in [0.15, 0.2) is 0 Å². The van der Waals surface area contributed by atoms with E-state index in [2.05, 4.69) is 38.1 Å². The molecule has 0 unspecified atom stereocenters. The average molecular weight is 459 g/mol. The lowest BCUT2D eigenvalue weighted by Crippen LogP contribution is -2.08. The Morgan fingerprint density at radius 1 is 0.618 bits per heavy atom. The molecular formula is C31H38O3. The van der Waals surface area contributed by atoms with Crippen LogP contribution in [-0.4, -0.2) is 12.6 Å². The SMILES string of the molecule is CCCCCCCOc1ccc(C(=O)Oc2ccc(-c3ccc(CCCCC)cc3)cc2)cc1. The Balaban J connectivity index is 1.47. The zero-order valence-electron chi connectivity index (χ0n) is 20.7. The molecule has 3 rings (SSSR count). The Morgan fingerprint density at radius 2 is 1.18 bits per heavy atom. The van der Waals surface area contributed by atoms with Crippen LogP contribution in [0, 0.1) is 0 Å². The molecule has 0 aliphatic rings. The van der Waals surface area contributed by atoms with Gasteiger partial charge in [0, 0.05) is 0 Å². The molecule has 3 nitrogen and oxygen atoms in total. The second-order valence-electron chi connectivity index (χ2n) is 8.85. The van der Waals surface area contributed by atoms with E-state index in [0.717, 1.165) is 29.7 Å². The minimum Gasteiger partial charge on any atom is -0.494 e. The summed E-state index contributed by atoms with van der Waals surface area (Å²) in [6.07, 6.45) is 10.9. The highest BCUT2D eigenvalue weighted by Gasteiger charge is 2.09. The highest BCUT2D eigenvalue weighted by Crippen LogP contribution is 2.24. The normalized spacial score (nSPS) is 10.8. The largest absolute Gasteiger partial charge is 0.494 e. The van der Waals surface area contributed by atoms with Crippen molar-refractivity contribution in [2.45, 2.75) is 71.6 Å². The van der Waals surface area contributed by atoms with Gasteiger partial charge in [-0.2, -0.15) is 0 Å². The Kier molecular flexibility index (Phi) is 10.7. The van der Waals surface area contributed by atoms with Crippen LogP contribution < -0.4 is 9.47 Å². The van der Waals surface area contributed by atoms with Crippen molar-refractivity contribution in [3.05, 3.63) is 83.9 Å². The van der Waals surface area contributed by atoms with Crippen molar-refractivity contribution in [3.63, 3.8) is 0 Å². The van der Waals surface area contributed by atoms with Crippen LogP contribution in [0.2, 0.25) is 0 Å². The third-order valence-corrected chi connectivity index (χ3v) is 6.03. The zero-order chi connectivity index (χ0) is 24.0. The Hall–Kier alpha value is -3.07. The van der Waals surface area contributed by atoms with Crippen molar-refractivity contribution in [1.82, 2.24) is 0 Å². The van der Waals surface area contributed by atoms with E-state index >= 15 is 0 Å². The first-order chi connectivity index (χ1) is 16.7. The molecule has 34 heavy (non-hydrogen) atoms. The summed E-state index contributed by atoms with van der Waals surface area (Å²) in [5.41, 5.74) is 4.17. The molecule has 3 aromatic carbocycles. The predicted octanol–water partition coefficient (Wildman–Crippen LogP) is 8.65. The lowest BCUT2D eigenvalue weighted by atomic mass is 10.0. The summed E-state index contributed by atoms with van der Waals surface area (Å²) < 4.78 is 11.3. The van der Waals surface area contributed by atoms with Crippen molar-refractivity contribution in [1.29, 1.82) is 0 Å². The maximum atomic E-state index is 12.5. The third kappa shape index (κ3) is 8.37. The number of ether oxygens (including phenoxy) is 2. The van der Waals surface area contributed by atoms with Gasteiger partial charge in [0.25, 0.3) is 0 Å². The van der Waals surface area contributed by atoms with Gasteiger partial charge in [-0.05, 0) is 72.4 Å². The number of benzene rings is 3. The van der Waals surface area contributed by atoms with Crippen molar-refractivity contribution in [2.24, 2.45) is 0 Å². The first-order valence-corrected chi connectivity index (χ1v) is 12.8. The second-order valence-corrected chi connectivity index (χ2v) is 8.85. The van der Waals surface area contributed by atoms with E-state index in [1.54, 1.807) is 12.1 Å². The average Bonchev–Trinajstić information content (AvgIpc) is 2.87. The predicted molar refractivity (Wildman–Crippen MR) is 141 cm³/mol. The van der Waals surface area contributed by atoms with E-state index in [0.29, 0.717) is 17.9 Å². The molecular weight excluding hydrogens is 420 g/mol. The topological polar surface area (TPSA) is 35.5 Å². The Labute approximate surface area is 205 Å². The van der Waals surface area contributed by atoms with Gasteiger partial charge in [-0.1, -0.05) is 88.8 Å². The molecule has 0 aromatic heterocycles. The van der Waals surface area contributed by atoms with Crippen LogP contribution in [0.5, 0.6) is 11.5 Å². The lowest BCUT2D eigenvalue weighted by molar-refractivity contribution is 0.0734. The summed E-state index contributed by atoms with van der Waals surface area (Å²) in [6.45, 7) is 5.15. The van der Waals surface area contributed by atoms with Crippen molar-refractivity contribution in [3.8, 4) is 22.6 Å². The molecule has 3 heteroatoms. The Morgan fingerprint density at radius 3 is 1.82 bits per heavy atom. The minimum atomic E-state index is -0.365. The number of rotatable bonds is 14. The number of hydrogen-bond donors (Lipinski definition) is 0. The highest BCUT2D eigenvalue weighted by molar-refractivity contribution is 5.91. The van der Waals surface area contributed by atoms with Crippen LogP contribution >= 0.6 is 0 Å². The number of carbonyl (C=O) groups excluding carboxylic acids is 1. The lowest BCUT2D eigenvalue weighted by Gasteiger charge is -2.09. The first kappa shape index (κ1) is 25.6. The van der Waals surface area contributed by atoms with Gasteiger partial charge < -0.3 is 9.47 Å². The van der Waals surface area contributed by atoms with E-state index in [-0.39, 0.29) is 5.97 Å². The number of unbranched alkanes of at least 4 members (excludes halogenated alkanes) is 6. The van der Waals surface area contributed by atoms with Crippen LogP contribution in [0.4, 0.5) is 0 Å². The fourth-order valence-electron chi connectivity index (χ4n) is 3.91. The van der Waals surface area contributed by atoms with E-state index in [1.807, 2.05) is 36.4 Å². The number of carbonyl (C=O) groups is 1. The third-order valence-electron chi connectivity index (χ3n) is 6.03. The molecule has 0 saturated carbocycles. The number of hydrogen-bond acceptors (Lipinski definition) is 3. The molecule has 0 spiro atoms. The minimum absolute atomic E-state index is 0.365. The van der Waals surface area contributed by atoms with Crippen LogP contribution in [0.3, 0.4) is 0 Å². The van der Waals surface area contributed by atoms with E-state index in [9.17, 15) is 4.79 Å². The smallest absolute Gasteiger partial charge is 0.343 e. The second kappa shape index (κ2) is 14.2. The zero-order valence-corrected chi connectivity index (χ0v) is 20.7. The molecule has 180 valence electrons. The van der Waals surface area contributed by atoms with Gasteiger partial charge in [-0.3, -0.25) is 0 Å². The fourth-order valence-corrected chi connectivity index (χ4v) is 3.91. The summed E-state index contributed by atoms with van der Waals surface area (Å²) in [7, 11) is 0. The molecule has 0 saturated heterocycles. The molecule has 3 aromatic rings. The standard InChI is InChI=1S/C31H38O3/c1-3-5-7-8-10-24-33-29-20-18-28(19-21-29)31(32)34-30-22-16-27(17-23-30)26-14-12-25(13-15-26)11-9-6-4-2/h12-23H,3-11,24H2,1-2H3. The molecule has 0 bridgehead atoms. The van der Waals surface area contributed by atoms with Crippen LogP contribution in [0.1, 0.15) is 81.1 Å². The van der Waals surface area contributed by atoms with Gasteiger partial charge in [0.05, 0.1) is 12.2 Å². The summed E-state index contributed by atoms with van der Waals surface area (Å²) in [5.74, 6) is 0.959. The van der Waals surface area contributed by atoms with Gasteiger partial charge in [0.2, 0.25) is 0 Å². The van der Waals surface area contributed by atoms with Crippen LogP contribution in [0.15, 0.2) is 72.8 Å². The van der Waals surface area contributed by atoms with Crippen molar-refractivity contribution >= 4 is 5.97 Å². The van der Waals surface area contributed by atoms with Gasteiger partial charge in [-0.15, -0.1) is 0 Å². The number of esters is 1. The molecule has 0 heterocycles. The van der Waals surface area contributed by atoms with Crippen LogP contribution in [0.25, 0.3) is 11.1 Å². The first-order valence-electron chi connectivity index (χ1n) is 12.8. The van der Waals surface area contributed by atoms with E-state index < -0.39 is 0 Å². The van der Waals surface area contributed by atoms with Gasteiger partial charge >= 0.3 is 5.97 Å². The molecule has 0 aliphatic carbocycles. The van der Waals surface area contributed by atoms with Gasteiger partial charge in [0.1, 0.15) is 11.5 Å². The molecule has 0 amide bonds. The summed E-state index contributed by atoms with van der Waals surface area (Å²) >= 11 is 0. The maximum absolute atomic E-state index is 12.5. The van der Waals surface area contributed by atoms with Crippen molar-refractivity contribution < 1.29 is 14.3 Å². The summed E-state index contributed by atoms with van der Waals surface area (Å²) in [4.78, 5) is 12.5. The summed E-state index contributed by atoms with van der Waals surface area (Å²) in [5, 5.41) is 0. The summed E-state index contributed by atoms with van der Waals surface area (Å²) in [6, 6.07) is 23.6. The van der Waals surface area contributed by atoms with E-state index in [4.69, 9.17) is 9.47 Å². The highest BCUT2D eigenvalue weighted by atomic mass is 16.5. The van der Waals surface area contributed by atoms with E-state index in [1.165, 1.54) is 50.5 Å². The number of aryl methyl sites for hydroxylation is 1. The van der Waals surface area contributed by atoms with Crippen molar-refractivity contribution in [2.75, 3.05) is 6.61 Å². The quantitative estimate of drug-likeness (QED) is 0.138.